The summed E-state index contributed by atoms with van der Waals surface area (Å²) in [5.74, 6) is -0.503. The lowest BCUT2D eigenvalue weighted by atomic mass is 10.2. The monoisotopic (exact) mass is 461 g/mol. The molecule has 0 aromatic rings. The molecular weight excluding hydrogens is 431 g/mol. The summed E-state index contributed by atoms with van der Waals surface area (Å²) in [6.45, 7) is 14.4. The van der Waals surface area contributed by atoms with Gasteiger partial charge >= 0.3 is 21.7 Å². The van der Waals surface area contributed by atoms with Crippen molar-refractivity contribution >= 4 is 24.5 Å². The number of halogens is 3. The van der Waals surface area contributed by atoms with Gasteiger partial charge in [-0.1, -0.05) is 20.8 Å². The van der Waals surface area contributed by atoms with Crippen molar-refractivity contribution < 1.29 is 39.7 Å². The van der Waals surface area contributed by atoms with E-state index in [1.165, 1.54) is 0 Å². The molecule has 7 nitrogen and oxygen atoms in total. The Labute approximate surface area is 171 Å². The maximum Gasteiger partial charge on any atom is 0.534 e. The maximum atomic E-state index is 12.6. The summed E-state index contributed by atoms with van der Waals surface area (Å²) in [5, 5.41) is -0.134. The predicted molar refractivity (Wildman–Crippen MR) is 104 cm³/mol. The second-order valence-corrected chi connectivity index (χ2v) is 15.7. The van der Waals surface area contributed by atoms with E-state index in [0.717, 1.165) is 11.0 Å². The molecule has 0 aromatic carbocycles. The number of carbonyl (C=O) groups is 1. The average Bonchev–Trinajstić information content (AvgIpc) is 2.83. The van der Waals surface area contributed by atoms with E-state index in [-0.39, 0.29) is 11.6 Å². The zero-order chi connectivity index (χ0) is 23.1. The summed E-state index contributed by atoms with van der Waals surface area (Å²) in [7, 11) is -8.06. The number of hydrogen-bond acceptors (Lipinski definition) is 6. The highest BCUT2D eigenvalue weighted by Gasteiger charge is 2.50. The average molecular weight is 462 g/mol. The highest BCUT2D eigenvalue weighted by Crippen LogP contribution is 2.37. The predicted octanol–water partition coefficient (Wildman–Crippen LogP) is 4.38. The lowest BCUT2D eigenvalue weighted by Gasteiger charge is -2.37. The van der Waals surface area contributed by atoms with E-state index < -0.39 is 54.0 Å². The van der Waals surface area contributed by atoms with Crippen molar-refractivity contribution in [2.75, 3.05) is 13.2 Å². The van der Waals surface area contributed by atoms with Crippen LogP contribution in [0.25, 0.3) is 0 Å². The van der Waals surface area contributed by atoms with Gasteiger partial charge in [-0.3, -0.25) is 4.90 Å². The molecule has 0 saturated heterocycles. The highest BCUT2D eigenvalue weighted by molar-refractivity contribution is 7.87. The van der Waals surface area contributed by atoms with Gasteiger partial charge in [0, 0.05) is 0 Å². The van der Waals surface area contributed by atoms with Crippen molar-refractivity contribution in [3.05, 3.63) is 11.8 Å². The van der Waals surface area contributed by atoms with Crippen LogP contribution in [0.5, 0.6) is 0 Å². The van der Waals surface area contributed by atoms with Gasteiger partial charge in [-0.15, -0.1) is 0 Å². The lowest BCUT2D eigenvalue weighted by molar-refractivity contribution is -0.0523. The van der Waals surface area contributed by atoms with Crippen LogP contribution in [-0.4, -0.2) is 58.0 Å². The molecule has 0 unspecified atom stereocenters. The first-order valence-electron chi connectivity index (χ1n) is 9.01. The van der Waals surface area contributed by atoms with Crippen LogP contribution in [0, 0.1) is 0 Å². The van der Waals surface area contributed by atoms with Gasteiger partial charge < -0.3 is 13.3 Å². The van der Waals surface area contributed by atoms with Gasteiger partial charge in [-0.2, -0.15) is 21.6 Å². The fourth-order valence-electron chi connectivity index (χ4n) is 2.05. The van der Waals surface area contributed by atoms with Crippen LogP contribution >= 0.6 is 0 Å². The minimum atomic E-state index is -5.83. The molecule has 0 bridgehead atoms. The summed E-state index contributed by atoms with van der Waals surface area (Å²) in [4.78, 5) is 13.6. The summed E-state index contributed by atoms with van der Waals surface area (Å²) >= 11 is 0. The van der Waals surface area contributed by atoms with Crippen LogP contribution in [0.15, 0.2) is 11.8 Å². The third-order valence-corrected chi connectivity index (χ3v) is 10.2. The molecule has 0 aromatic heterocycles. The molecule has 29 heavy (non-hydrogen) atoms. The topological polar surface area (TPSA) is 82.1 Å². The molecular formula is C17H30F3NO6SSi. The second-order valence-electron chi connectivity index (χ2n) is 9.36. The number of rotatable bonds is 5. The molecule has 1 aliphatic heterocycles. The van der Waals surface area contributed by atoms with Gasteiger partial charge in [0.15, 0.2) is 8.32 Å². The normalized spacial score (nSPS) is 19.2. The van der Waals surface area contributed by atoms with E-state index in [1.807, 2.05) is 33.9 Å². The molecule has 0 spiro atoms. The number of nitrogens with zero attached hydrogens (tertiary/aromatic N) is 1. The number of amides is 1. The van der Waals surface area contributed by atoms with Crippen LogP contribution in [0.4, 0.5) is 18.0 Å². The molecule has 1 amide bonds. The Bertz CT molecular complexity index is 751. The van der Waals surface area contributed by atoms with Crippen LogP contribution in [0.1, 0.15) is 41.5 Å². The lowest BCUT2D eigenvalue weighted by Crippen LogP contribution is -2.47. The first-order valence-corrected chi connectivity index (χ1v) is 13.3. The Morgan fingerprint density at radius 2 is 1.69 bits per heavy atom. The van der Waals surface area contributed by atoms with Crippen molar-refractivity contribution in [2.45, 2.75) is 76.8 Å². The fourth-order valence-corrected chi connectivity index (χ4v) is 3.56. The molecule has 170 valence electrons. The number of alkyl halides is 3. The van der Waals surface area contributed by atoms with Crippen LogP contribution in [0.3, 0.4) is 0 Å². The molecule has 0 aliphatic carbocycles. The smallest absolute Gasteiger partial charge is 0.444 e. The van der Waals surface area contributed by atoms with Gasteiger partial charge in [0.25, 0.3) is 0 Å². The first-order chi connectivity index (χ1) is 12.7. The van der Waals surface area contributed by atoms with Gasteiger partial charge in [-0.25, -0.2) is 4.79 Å². The van der Waals surface area contributed by atoms with Crippen molar-refractivity contribution in [2.24, 2.45) is 0 Å². The maximum absolute atomic E-state index is 12.6. The van der Waals surface area contributed by atoms with Crippen LogP contribution < -0.4 is 0 Å². The molecule has 1 heterocycles. The van der Waals surface area contributed by atoms with E-state index in [9.17, 15) is 26.4 Å². The molecule has 0 radical (unpaired) electrons. The number of carbonyl (C=O) groups excluding carboxylic acids is 1. The first kappa shape index (κ1) is 25.8. The van der Waals surface area contributed by atoms with E-state index in [2.05, 4.69) is 4.18 Å². The standard InChI is InChI=1S/C17H30F3NO6SSi/c1-15(2,3)26-14(22)21-10-13(27-28(23,24)17(18,19)20)9-12(21)11-25-29(7,8)16(4,5)6/h9,12H,10-11H2,1-8H3/t12-/m0/s1. The highest BCUT2D eigenvalue weighted by atomic mass is 32.2. The Morgan fingerprint density at radius 1 is 1.17 bits per heavy atom. The summed E-state index contributed by atoms with van der Waals surface area (Å²) in [6, 6.07) is -0.822. The summed E-state index contributed by atoms with van der Waals surface area (Å²) in [5.41, 5.74) is -6.41. The minimum absolute atomic E-state index is 0.0192. The Morgan fingerprint density at radius 3 is 2.10 bits per heavy atom. The van der Waals surface area contributed by atoms with E-state index >= 15 is 0 Å². The van der Waals surface area contributed by atoms with E-state index in [0.29, 0.717) is 0 Å². The van der Waals surface area contributed by atoms with Gasteiger partial charge in [0.2, 0.25) is 0 Å². The minimum Gasteiger partial charge on any atom is -0.444 e. The number of ether oxygens (including phenoxy) is 1. The number of hydrogen-bond donors (Lipinski definition) is 0. The molecule has 1 aliphatic rings. The molecule has 1 rings (SSSR count). The summed E-state index contributed by atoms with van der Waals surface area (Å²) in [6.07, 6.45) is 0.348. The zero-order valence-corrected chi connectivity index (χ0v) is 19.8. The third-order valence-electron chi connectivity index (χ3n) is 4.65. The Balaban J connectivity index is 3.08. The van der Waals surface area contributed by atoms with Gasteiger partial charge in [0.1, 0.15) is 11.4 Å². The second kappa shape index (κ2) is 8.10. The molecule has 0 saturated carbocycles. The van der Waals surface area contributed by atoms with E-state index in [1.54, 1.807) is 20.8 Å². The molecule has 0 N–H and O–H groups in total. The molecule has 0 fully saturated rings. The fraction of sp³-hybridized carbons (Fsp3) is 0.824. The van der Waals surface area contributed by atoms with Crippen LogP contribution in [-0.2, 0) is 23.5 Å². The van der Waals surface area contributed by atoms with Crippen molar-refractivity contribution in [3.8, 4) is 0 Å². The zero-order valence-electron chi connectivity index (χ0n) is 18.0. The Kier molecular flexibility index (Phi) is 7.20. The summed E-state index contributed by atoms with van der Waals surface area (Å²) < 4.78 is 76.1. The molecule has 12 heteroatoms. The largest absolute Gasteiger partial charge is 0.534 e. The van der Waals surface area contributed by atoms with Gasteiger partial charge in [-0.05, 0) is 45.0 Å². The van der Waals surface area contributed by atoms with Crippen molar-refractivity contribution in [1.82, 2.24) is 4.90 Å². The van der Waals surface area contributed by atoms with Gasteiger partial charge in [0.05, 0.1) is 19.2 Å². The van der Waals surface area contributed by atoms with E-state index in [4.69, 9.17) is 9.16 Å². The van der Waals surface area contributed by atoms with Crippen molar-refractivity contribution in [1.29, 1.82) is 0 Å². The third kappa shape index (κ3) is 6.88. The van der Waals surface area contributed by atoms with Crippen molar-refractivity contribution in [3.63, 3.8) is 0 Å². The SMILES string of the molecule is CC(C)(C)OC(=O)N1CC(OS(=O)(=O)C(F)(F)F)=C[C@H]1CO[Si](C)(C)C(C)(C)C. The quantitative estimate of drug-likeness (QED) is 0.343. The van der Waals surface area contributed by atoms with Crippen LogP contribution in [0.2, 0.25) is 18.1 Å². The molecule has 1 atom stereocenters. The Hall–Kier alpha value is -1.27.